The zero-order chi connectivity index (χ0) is 22.5. The van der Waals surface area contributed by atoms with Crippen molar-refractivity contribution < 1.29 is 14.3 Å². The molecule has 2 saturated carbocycles. The Hall–Kier alpha value is -1.47. The number of hydrogen-bond donors (Lipinski definition) is 0. The number of carbonyl (C=O) groups excluding carboxylic acids is 1. The first-order valence-corrected chi connectivity index (χ1v) is 13.5. The molecule has 1 saturated heterocycles. The highest BCUT2D eigenvalue weighted by Gasteiger charge is 2.39. The van der Waals surface area contributed by atoms with Gasteiger partial charge in [-0.3, -0.25) is 14.7 Å². The number of amidine groups is 1. The molecule has 7 heteroatoms. The van der Waals surface area contributed by atoms with Gasteiger partial charge in [-0.15, -0.1) is 0 Å². The van der Waals surface area contributed by atoms with Gasteiger partial charge in [-0.05, 0) is 68.1 Å². The predicted molar refractivity (Wildman–Crippen MR) is 135 cm³/mol. The van der Waals surface area contributed by atoms with Crippen molar-refractivity contribution in [3.05, 3.63) is 27.1 Å². The van der Waals surface area contributed by atoms with Gasteiger partial charge < -0.3 is 9.47 Å². The molecule has 0 bridgehead atoms. The van der Waals surface area contributed by atoms with Crippen LogP contribution in [0.3, 0.4) is 0 Å². The van der Waals surface area contributed by atoms with Crippen molar-refractivity contribution in [3.63, 3.8) is 0 Å². The Morgan fingerprint density at radius 1 is 1.09 bits per heavy atom. The maximum absolute atomic E-state index is 13.6. The fraction of sp³-hybridized carbons (Fsp3) is 0.600. The maximum Gasteiger partial charge on any atom is 0.267 e. The van der Waals surface area contributed by atoms with Crippen molar-refractivity contribution in [2.24, 2.45) is 4.99 Å². The molecule has 1 aromatic carbocycles. The van der Waals surface area contributed by atoms with Crippen molar-refractivity contribution in [1.29, 1.82) is 0 Å². The molecule has 3 fully saturated rings. The molecule has 0 atom stereocenters. The minimum atomic E-state index is 0.0946. The zero-order valence-electron chi connectivity index (χ0n) is 19.1. The molecule has 1 amide bonds. The minimum Gasteiger partial charge on any atom is -0.493 e. The number of rotatable bonds is 6. The molecule has 2 aliphatic carbocycles. The van der Waals surface area contributed by atoms with Crippen molar-refractivity contribution in [3.8, 4) is 11.5 Å². The molecule has 1 aliphatic heterocycles. The lowest BCUT2D eigenvalue weighted by Crippen LogP contribution is -2.41. The molecule has 1 heterocycles. The average molecular weight is 522 g/mol. The largest absolute Gasteiger partial charge is 0.493 e. The second kappa shape index (κ2) is 11.1. The zero-order valence-corrected chi connectivity index (χ0v) is 21.5. The first kappa shape index (κ1) is 23.7. The highest BCUT2D eigenvalue weighted by molar-refractivity contribution is 9.10. The number of carbonyl (C=O) groups is 1. The van der Waals surface area contributed by atoms with Crippen LogP contribution >= 0.6 is 27.7 Å². The van der Waals surface area contributed by atoms with Crippen LogP contribution in [0, 0.1) is 0 Å². The van der Waals surface area contributed by atoms with E-state index in [2.05, 4.69) is 15.9 Å². The van der Waals surface area contributed by atoms with E-state index in [1.807, 2.05) is 30.0 Å². The molecule has 0 aromatic heterocycles. The van der Waals surface area contributed by atoms with Crippen LogP contribution in [0.1, 0.15) is 76.7 Å². The van der Waals surface area contributed by atoms with Gasteiger partial charge in [-0.1, -0.05) is 54.5 Å². The van der Waals surface area contributed by atoms with E-state index in [0.717, 1.165) is 45.8 Å². The van der Waals surface area contributed by atoms with Crippen LogP contribution in [-0.2, 0) is 4.79 Å². The lowest BCUT2D eigenvalue weighted by molar-refractivity contribution is -0.124. The molecule has 0 spiro atoms. The summed E-state index contributed by atoms with van der Waals surface area (Å²) in [6, 6.07) is 4.46. The van der Waals surface area contributed by atoms with E-state index < -0.39 is 0 Å². The van der Waals surface area contributed by atoms with E-state index in [-0.39, 0.29) is 11.9 Å². The summed E-state index contributed by atoms with van der Waals surface area (Å²) in [7, 11) is 1.63. The van der Waals surface area contributed by atoms with E-state index in [0.29, 0.717) is 24.1 Å². The number of thioether (sulfide) groups is 1. The van der Waals surface area contributed by atoms with E-state index in [4.69, 9.17) is 14.5 Å². The standard InChI is InChI=1S/C25H33BrN2O3S/c1-3-31-22-14-17(20(26)16-21(22)30-2)15-23-24(29)28(19-12-8-5-9-13-19)25(32-23)27-18-10-6-4-7-11-18/h14-16,18-19H,3-13H2,1-2H3. The fourth-order valence-corrected chi connectivity index (χ4v) is 6.37. The van der Waals surface area contributed by atoms with Crippen molar-refractivity contribution in [2.45, 2.75) is 83.2 Å². The van der Waals surface area contributed by atoms with Gasteiger partial charge in [0.15, 0.2) is 16.7 Å². The number of hydrogen-bond acceptors (Lipinski definition) is 5. The van der Waals surface area contributed by atoms with Crippen LogP contribution in [0.25, 0.3) is 6.08 Å². The number of halogens is 1. The first-order chi connectivity index (χ1) is 15.6. The first-order valence-electron chi connectivity index (χ1n) is 11.9. The van der Waals surface area contributed by atoms with Gasteiger partial charge in [0.05, 0.1) is 24.7 Å². The Balaban J connectivity index is 1.67. The Morgan fingerprint density at radius 2 is 1.78 bits per heavy atom. The van der Waals surface area contributed by atoms with Gasteiger partial charge in [-0.25, -0.2) is 0 Å². The van der Waals surface area contributed by atoms with Crippen molar-refractivity contribution in [2.75, 3.05) is 13.7 Å². The average Bonchev–Trinajstić information content (AvgIpc) is 3.11. The Morgan fingerprint density at radius 3 is 2.44 bits per heavy atom. The van der Waals surface area contributed by atoms with Crippen LogP contribution in [-0.4, -0.2) is 41.8 Å². The van der Waals surface area contributed by atoms with Gasteiger partial charge in [0.2, 0.25) is 0 Å². The molecule has 1 aromatic rings. The predicted octanol–water partition coefficient (Wildman–Crippen LogP) is 6.79. The lowest BCUT2D eigenvalue weighted by Gasteiger charge is -2.31. The molecule has 4 rings (SSSR count). The summed E-state index contributed by atoms with van der Waals surface area (Å²) in [5.41, 5.74) is 0.910. The maximum atomic E-state index is 13.6. The molecule has 0 radical (unpaired) electrons. The van der Waals surface area contributed by atoms with E-state index >= 15 is 0 Å². The molecule has 5 nitrogen and oxygen atoms in total. The highest BCUT2D eigenvalue weighted by atomic mass is 79.9. The molecule has 32 heavy (non-hydrogen) atoms. The minimum absolute atomic E-state index is 0.0946. The second-order valence-corrected chi connectivity index (χ2v) is 10.6. The molecule has 0 unspecified atom stereocenters. The summed E-state index contributed by atoms with van der Waals surface area (Å²) in [6.45, 7) is 2.50. The van der Waals surface area contributed by atoms with Crippen molar-refractivity contribution in [1.82, 2.24) is 4.90 Å². The van der Waals surface area contributed by atoms with Crippen LogP contribution in [0.5, 0.6) is 11.5 Å². The summed E-state index contributed by atoms with van der Waals surface area (Å²) < 4.78 is 12.1. The van der Waals surface area contributed by atoms with Crippen LogP contribution in [0.2, 0.25) is 0 Å². The number of nitrogens with zero attached hydrogens (tertiary/aromatic N) is 2. The molecule has 0 N–H and O–H groups in total. The summed E-state index contributed by atoms with van der Waals surface area (Å²) in [5, 5.41) is 0.912. The number of ether oxygens (including phenoxy) is 2. The summed E-state index contributed by atoms with van der Waals surface area (Å²) in [6.07, 6.45) is 13.8. The number of amides is 1. The van der Waals surface area contributed by atoms with Gasteiger partial charge in [0, 0.05) is 10.5 Å². The van der Waals surface area contributed by atoms with E-state index in [1.165, 1.54) is 38.5 Å². The monoisotopic (exact) mass is 520 g/mol. The molecule has 3 aliphatic rings. The number of benzene rings is 1. The third-order valence-electron chi connectivity index (χ3n) is 6.51. The topological polar surface area (TPSA) is 51.1 Å². The molecular formula is C25H33BrN2O3S. The smallest absolute Gasteiger partial charge is 0.267 e. The summed E-state index contributed by atoms with van der Waals surface area (Å²) in [5.74, 6) is 1.45. The van der Waals surface area contributed by atoms with Gasteiger partial charge in [0.25, 0.3) is 5.91 Å². The highest BCUT2D eigenvalue weighted by Crippen LogP contribution is 2.41. The second-order valence-electron chi connectivity index (χ2n) is 8.74. The summed E-state index contributed by atoms with van der Waals surface area (Å²) in [4.78, 5) is 21.5. The quantitative estimate of drug-likeness (QED) is 0.387. The number of methoxy groups -OCH3 is 1. The van der Waals surface area contributed by atoms with Gasteiger partial charge >= 0.3 is 0 Å². The third-order valence-corrected chi connectivity index (χ3v) is 8.20. The Labute approximate surface area is 204 Å². The fourth-order valence-electron chi connectivity index (χ4n) is 4.83. The molecular weight excluding hydrogens is 488 g/mol. The van der Waals surface area contributed by atoms with Gasteiger partial charge in [0.1, 0.15) is 0 Å². The normalized spacial score (nSPS) is 23.3. The summed E-state index contributed by atoms with van der Waals surface area (Å²) >= 11 is 5.18. The van der Waals surface area contributed by atoms with Crippen molar-refractivity contribution >= 4 is 44.8 Å². The van der Waals surface area contributed by atoms with Gasteiger partial charge in [-0.2, -0.15) is 0 Å². The Kier molecular flexibility index (Phi) is 8.22. The third kappa shape index (κ3) is 5.36. The lowest BCUT2D eigenvalue weighted by atomic mass is 9.94. The van der Waals surface area contributed by atoms with E-state index in [9.17, 15) is 4.79 Å². The SMILES string of the molecule is CCOc1cc(C=C2SC(=NC3CCCCC3)N(C3CCCCC3)C2=O)c(Br)cc1OC. The molecule has 174 valence electrons. The number of aliphatic imine (C=N–C) groups is 1. The van der Waals surface area contributed by atoms with Crippen LogP contribution in [0.4, 0.5) is 0 Å². The Bertz CT molecular complexity index is 889. The van der Waals surface area contributed by atoms with E-state index in [1.54, 1.807) is 18.9 Å². The van der Waals surface area contributed by atoms with Crippen LogP contribution in [0.15, 0.2) is 26.5 Å². The van der Waals surface area contributed by atoms with Crippen LogP contribution < -0.4 is 9.47 Å².